The van der Waals surface area contributed by atoms with Gasteiger partial charge in [-0.05, 0) is 84.9 Å². The van der Waals surface area contributed by atoms with Gasteiger partial charge in [-0.15, -0.1) is 0 Å². The van der Waals surface area contributed by atoms with Crippen molar-refractivity contribution in [2.75, 3.05) is 77.6 Å². The highest BCUT2D eigenvalue weighted by Gasteiger charge is 2.47. The first-order valence-electron chi connectivity index (χ1n) is 20.1. The molecule has 0 radical (unpaired) electrons. The van der Waals surface area contributed by atoms with Crippen LogP contribution >= 0.6 is 0 Å². The number of hydrogen-bond donors (Lipinski definition) is 0. The molecule has 7 rings (SSSR count). The fourth-order valence-electron chi connectivity index (χ4n) is 7.81. The van der Waals surface area contributed by atoms with Crippen molar-refractivity contribution in [3.8, 4) is 23.0 Å². The zero-order valence-corrected chi connectivity index (χ0v) is 35.4. The molecule has 332 valence electrons. The van der Waals surface area contributed by atoms with Gasteiger partial charge in [-0.3, -0.25) is 38.6 Å². The maximum absolute atomic E-state index is 13.6. The summed E-state index contributed by atoms with van der Waals surface area (Å²) < 4.78 is 31.3. The topological polar surface area (TPSA) is 205 Å². The summed E-state index contributed by atoms with van der Waals surface area (Å²) >= 11 is 0. The number of piperazine rings is 1. The van der Waals surface area contributed by atoms with E-state index in [1.165, 1.54) is 101 Å². The number of methoxy groups -OCH3 is 4. The third kappa shape index (κ3) is 9.18. The lowest BCUT2D eigenvalue weighted by Crippen LogP contribution is -2.56. The first-order chi connectivity index (χ1) is 30.8. The Bertz CT molecular complexity index is 2330. The van der Waals surface area contributed by atoms with Crippen LogP contribution < -0.4 is 28.7 Å². The number of benzene rings is 4. The number of ether oxygens (including phenoxy) is 6. The number of rotatable bonds is 16. The maximum atomic E-state index is 13.6. The van der Waals surface area contributed by atoms with Gasteiger partial charge in [-0.2, -0.15) is 0 Å². The molecule has 4 aromatic carbocycles. The van der Waals surface area contributed by atoms with Gasteiger partial charge in [-0.25, -0.2) is 19.4 Å². The Hall–Kier alpha value is -7.44. The summed E-state index contributed by atoms with van der Waals surface area (Å²) in [7, 11) is 5.82. The molecular weight excluding hydrogens is 833 g/mol. The molecule has 0 aliphatic carbocycles. The van der Waals surface area contributed by atoms with Gasteiger partial charge in [0.05, 0.1) is 75.9 Å². The molecule has 3 saturated heterocycles. The minimum absolute atomic E-state index is 0.0623. The normalized spacial score (nSPS) is 17.9. The smallest absolute Gasteiger partial charge is 0.338 e. The van der Waals surface area contributed by atoms with Gasteiger partial charge in [0.25, 0.3) is 11.8 Å². The van der Waals surface area contributed by atoms with Crippen molar-refractivity contribution < 1.29 is 66.8 Å². The van der Waals surface area contributed by atoms with E-state index in [0.717, 1.165) is 9.80 Å². The molecule has 3 aliphatic heterocycles. The SMILES string of the molecule is COc1ccc(C(=O)COC(=O)c2ccc(N3C(=O)CC(N4CCN(C5CC(=O)N(c6ccc(C(=O)OCC(=O)c7ccc(OC)c(OC)c7)cc6)C5=O)CC4)C3=O)cc2)cc1OC. The molecule has 2 unspecified atom stereocenters. The number of Topliss-reactive ketones (excluding diaryl/α,β-unsaturated/α-hetero) is 2. The van der Waals surface area contributed by atoms with E-state index in [9.17, 15) is 38.4 Å². The Morgan fingerprint density at radius 1 is 0.469 bits per heavy atom. The van der Waals surface area contributed by atoms with Gasteiger partial charge in [0.1, 0.15) is 0 Å². The molecule has 4 amide bonds. The van der Waals surface area contributed by atoms with Crippen molar-refractivity contribution in [2.45, 2.75) is 24.9 Å². The fourth-order valence-corrected chi connectivity index (χ4v) is 7.81. The highest BCUT2D eigenvalue weighted by molar-refractivity contribution is 6.23. The largest absolute Gasteiger partial charge is 0.493 e. The Kier molecular flexibility index (Phi) is 13.5. The zero-order valence-electron chi connectivity index (χ0n) is 35.4. The van der Waals surface area contributed by atoms with Crippen molar-refractivity contribution >= 4 is 58.5 Å². The molecule has 3 fully saturated rings. The van der Waals surface area contributed by atoms with Gasteiger partial charge >= 0.3 is 11.9 Å². The predicted molar refractivity (Wildman–Crippen MR) is 226 cm³/mol. The van der Waals surface area contributed by atoms with E-state index in [1.54, 1.807) is 12.1 Å². The zero-order chi connectivity index (χ0) is 45.7. The highest BCUT2D eigenvalue weighted by Crippen LogP contribution is 2.32. The molecule has 18 nitrogen and oxygen atoms in total. The first-order valence-corrected chi connectivity index (χ1v) is 20.1. The van der Waals surface area contributed by atoms with Crippen LogP contribution in [0.15, 0.2) is 84.9 Å². The van der Waals surface area contributed by atoms with Crippen molar-refractivity contribution in [3.05, 3.63) is 107 Å². The Morgan fingerprint density at radius 3 is 1.12 bits per heavy atom. The van der Waals surface area contributed by atoms with E-state index in [4.69, 9.17) is 28.4 Å². The van der Waals surface area contributed by atoms with Crippen molar-refractivity contribution in [1.82, 2.24) is 9.80 Å². The second-order valence-corrected chi connectivity index (χ2v) is 14.9. The Morgan fingerprint density at radius 2 is 0.797 bits per heavy atom. The number of ketones is 2. The summed E-state index contributed by atoms with van der Waals surface area (Å²) in [4.78, 5) is 110. The maximum Gasteiger partial charge on any atom is 0.338 e. The highest BCUT2D eigenvalue weighted by atomic mass is 16.5. The first kappa shape index (κ1) is 44.6. The number of esters is 2. The number of carbonyl (C=O) groups excluding carboxylic acids is 8. The quantitative estimate of drug-likeness (QED) is 0.0899. The van der Waals surface area contributed by atoms with Crippen LogP contribution in [0, 0.1) is 0 Å². The number of amides is 4. The summed E-state index contributed by atoms with van der Waals surface area (Å²) in [5.41, 5.74) is 1.30. The number of anilines is 2. The Labute approximate surface area is 367 Å². The second-order valence-electron chi connectivity index (χ2n) is 14.9. The lowest BCUT2D eigenvalue weighted by molar-refractivity contribution is -0.126. The van der Waals surface area contributed by atoms with E-state index >= 15 is 0 Å². The van der Waals surface area contributed by atoms with Crippen LogP contribution in [0.1, 0.15) is 54.3 Å². The molecule has 0 bridgehead atoms. The molecule has 0 N–H and O–H groups in total. The summed E-state index contributed by atoms with van der Waals surface area (Å²) in [5.74, 6) is -2.55. The molecule has 18 heteroatoms. The molecular formula is C46H44N4O14. The van der Waals surface area contributed by atoms with E-state index in [2.05, 4.69) is 0 Å². The lowest BCUT2D eigenvalue weighted by Gasteiger charge is -2.38. The van der Waals surface area contributed by atoms with E-state index in [-0.39, 0.29) is 46.5 Å². The van der Waals surface area contributed by atoms with E-state index in [1.807, 2.05) is 9.80 Å². The number of nitrogens with zero attached hydrogens (tertiary/aromatic N) is 4. The molecule has 0 saturated carbocycles. The van der Waals surface area contributed by atoms with Crippen molar-refractivity contribution in [2.24, 2.45) is 0 Å². The number of imide groups is 2. The van der Waals surface area contributed by atoms with Crippen LogP contribution in [0.2, 0.25) is 0 Å². The standard InChI is InChI=1S/C46H44N4O14/c1-59-37-15-9-29(21-39(37)61-3)35(51)25-63-45(57)27-5-11-31(12-6-27)49-41(53)23-33(43(49)55)47-17-19-48(20-18-47)34-24-42(54)50(44(34)56)32-13-7-28(8-14-32)46(58)64-26-36(52)30-10-16-38(60-2)40(22-30)62-4/h5-16,21-22,33-34H,17-20,23-26H2,1-4H3. The third-order valence-electron chi connectivity index (χ3n) is 11.3. The van der Waals surface area contributed by atoms with Crippen LogP contribution in [0.5, 0.6) is 23.0 Å². The van der Waals surface area contributed by atoms with E-state index in [0.29, 0.717) is 49.2 Å². The summed E-state index contributed by atoms with van der Waals surface area (Å²) in [5, 5.41) is 0. The van der Waals surface area contributed by atoms with Crippen LogP contribution in [0.4, 0.5) is 11.4 Å². The molecule has 4 aromatic rings. The Balaban J connectivity index is 0.885. The third-order valence-corrected chi connectivity index (χ3v) is 11.3. The van der Waals surface area contributed by atoms with Crippen LogP contribution in [0.25, 0.3) is 0 Å². The number of hydrogen-bond acceptors (Lipinski definition) is 16. The molecule has 0 aromatic heterocycles. The van der Waals surface area contributed by atoms with Gasteiger partial charge in [0.15, 0.2) is 47.8 Å². The molecule has 3 aliphatic rings. The predicted octanol–water partition coefficient (Wildman–Crippen LogP) is 3.38. The average molecular weight is 877 g/mol. The van der Waals surface area contributed by atoms with Gasteiger partial charge in [-0.1, -0.05) is 0 Å². The van der Waals surface area contributed by atoms with E-state index < -0.39 is 72.4 Å². The van der Waals surface area contributed by atoms with Gasteiger partial charge in [0, 0.05) is 37.3 Å². The monoisotopic (exact) mass is 876 g/mol. The average Bonchev–Trinajstić information content (AvgIpc) is 3.80. The number of carbonyl (C=O) groups is 8. The minimum Gasteiger partial charge on any atom is -0.493 e. The molecule has 64 heavy (non-hydrogen) atoms. The van der Waals surface area contributed by atoms with Crippen LogP contribution in [-0.4, -0.2) is 137 Å². The van der Waals surface area contributed by atoms with Gasteiger partial charge < -0.3 is 28.4 Å². The molecule has 2 atom stereocenters. The second kappa shape index (κ2) is 19.3. The van der Waals surface area contributed by atoms with Crippen LogP contribution in [0.3, 0.4) is 0 Å². The van der Waals surface area contributed by atoms with Gasteiger partial charge in [0.2, 0.25) is 11.8 Å². The van der Waals surface area contributed by atoms with Crippen molar-refractivity contribution in [3.63, 3.8) is 0 Å². The van der Waals surface area contributed by atoms with Crippen molar-refractivity contribution in [1.29, 1.82) is 0 Å². The summed E-state index contributed by atoms with van der Waals surface area (Å²) in [6, 6.07) is 19.1. The molecule has 3 heterocycles. The summed E-state index contributed by atoms with van der Waals surface area (Å²) in [6.07, 6.45) is -0.125. The fraction of sp³-hybridized carbons (Fsp3) is 0.304. The van der Waals surface area contributed by atoms with Crippen LogP contribution in [-0.2, 0) is 28.7 Å². The minimum atomic E-state index is -0.768. The molecule has 0 spiro atoms. The summed E-state index contributed by atoms with van der Waals surface area (Å²) in [6.45, 7) is 0.367. The lowest BCUT2D eigenvalue weighted by atomic mass is 10.1.